The molecule has 3 heterocycles. The molecule has 1 fully saturated rings. The van der Waals surface area contributed by atoms with Crippen molar-refractivity contribution in [2.24, 2.45) is 0 Å². The highest BCUT2D eigenvalue weighted by atomic mass is 16.5. The number of aromatic nitrogens is 3. The lowest BCUT2D eigenvalue weighted by molar-refractivity contribution is 0.194. The number of likely N-dealkylation sites (tertiary alicyclic amines) is 1. The van der Waals surface area contributed by atoms with E-state index in [4.69, 9.17) is 4.52 Å². The number of nitrogens with one attached hydrogen (secondary N) is 1. The van der Waals surface area contributed by atoms with Gasteiger partial charge in [-0.25, -0.2) is 4.79 Å². The number of nitrogens with zero attached hydrogens (tertiary/aromatic N) is 4. The monoisotopic (exact) mass is 331 g/mol. The van der Waals surface area contributed by atoms with Gasteiger partial charge < -0.3 is 9.42 Å². The Hall–Kier alpha value is -2.31. The molecular weight excluding hydrogens is 306 g/mol. The summed E-state index contributed by atoms with van der Waals surface area (Å²) in [6.07, 6.45) is 5.98. The number of amides is 2. The number of hydrogen-bond donors (Lipinski definition) is 1. The fraction of sp³-hybridized carbons (Fsp3) is 0.588. The molecule has 1 aliphatic rings. The minimum Gasteiger partial charge on any atom is -0.359 e. The Balaban J connectivity index is 1.52. The molecule has 2 aromatic heterocycles. The van der Waals surface area contributed by atoms with Crippen molar-refractivity contribution in [3.63, 3.8) is 0 Å². The average molecular weight is 331 g/mol. The Morgan fingerprint density at radius 3 is 2.75 bits per heavy atom. The van der Waals surface area contributed by atoms with Crippen LogP contribution in [0.3, 0.4) is 0 Å². The number of rotatable bonds is 4. The number of piperidine rings is 1. The first-order valence-corrected chi connectivity index (χ1v) is 8.61. The van der Waals surface area contributed by atoms with Gasteiger partial charge in [0, 0.05) is 37.8 Å². The van der Waals surface area contributed by atoms with Crippen LogP contribution in [0.25, 0.3) is 0 Å². The molecule has 0 aliphatic carbocycles. The molecule has 0 spiro atoms. The van der Waals surface area contributed by atoms with Crippen LogP contribution < -0.4 is 5.32 Å². The van der Waals surface area contributed by atoms with Crippen LogP contribution in [0.4, 0.5) is 10.6 Å². The minimum absolute atomic E-state index is 0.110. The molecular formula is C17H25N5O2. The second-order valence-electron chi connectivity index (χ2n) is 6.59. The summed E-state index contributed by atoms with van der Waals surface area (Å²) in [4.78, 5) is 14.2. The second-order valence-corrected chi connectivity index (χ2v) is 6.59. The van der Waals surface area contributed by atoms with Crippen LogP contribution in [-0.2, 0) is 6.54 Å². The first kappa shape index (κ1) is 16.5. The number of aryl methyl sites for hydroxylation is 1. The van der Waals surface area contributed by atoms with Crippen LogP contribution in [0.1, 0.15) is 56.8 Å². The first-order valence-electron chi connectivity index (χ1n) is 8.61. The highest BCUT2D eigenvalue weighted by Crippen LogP contribution is 2.28. The van der Waals surface area contributed by atoms with Crippen LogP contribution in [0.15, 0.2) is 23.0 Å². The van der Waals surface area contributed by atoms with Crippen LogP contribution in [-0.4, -0.2) is 39.0 Å². The third-order valence-electron chi connectivity index (χ3n) is 4.56. The normalized spacial score (nSPS) is 15.9. The van der Waals surface area contributed by atoms with Gasteiger partial charge in [0.05, 0.1) is 6.20 Å². The van der Waals surface area contributed by atoms with Crippen LogP contribution in [0.2, 0.25) is 0 Å². The van der Waals surface area contributed by atoms with Gasteiger partial charge in [-0.15, -0.1) is 0 Å². The third kappa shape index (κ3) is 3.60. The first-order chi connectivity index (χ1) is 11.6. The lowest BCUT2D eigenvalue weighted by Crippen LogP contribution is -2.40. The maximum absolute atomic E-state index is 12.4. The number of hydrogen-bond acceptors (Lipinski definition) is 4. The topological polar surface area (TPSA) is 76.2 Å². The molecule has 0 bridgehead atoms. The van der Waals surface area contributed by atoms with Gasteiger partial charge in [0.2, 0.25) is 0 Å². The fourth-order valence-electron chi connectivity index (χ4n) is 2.99. The van der Waals surface area contributed by atoms with Crippen molar-refractivity contribution in [2.75, 3.05) is 18.4 Å². The van der Waals surface area contributed by atoms with Crippen molar-refractivity contribution in [2.45, 2.75) is 52.0 Å². The highest BCUT2D eigenvalue weighted by Gasteiger charge is 2.25. The molecule has 7 nitrogen and oxygen atoms in total. The third-order valence-corrected chi connectivity index (χ3v) is 4.56. The lowest BCUT2D eigenvalue weighted by atomic mass is 9.92. The zero-order valence-corrected chi connectivity index (χ0v) is 14.5. The summed E-state index contributed by atoms with van der Waals surface area (Å²) in [7, 11) is 0. The molecule has 7 heteroatoms. The largest absolute Gasteiger partial charge is 0.359 e. The number of carbonyl (C=O) groups is 1. The number of urea groups is 1. The zero-order valence-electron chi connectivity index (χ0n) is 14.5. The summed E-state index contributed by atoms with van der Waals surface area (Å²) in [5.74, 6) is 1.99. The molecule has 1 N–H and O–H groups in total. The van der Waals surface area contributed by atoms with Gasteiger partial charge in [0.15, 0.2) is 5.82 Å². The summed E-state index contributed by atoms with van der Waals surface area (Å²) in [5.41, 5.74) is 1.27. The van der Waals surface area contributed by atoms with Gasteiger partial charge in [-0.1, -0.05) is 19.0 Å². The Kier molecular flexibility index (Phi) is 4.87. The molecule has 0 saturated carbocycles. The molecule has 0 radical (unpaired) electrons. The summed E-state index contributed by atoms with van der Waals surface area (Å²) in [6.45, 7) is 8.50. The van der Waals surface area contributed by atoms with Crippen molar-refractivity contribution >= 4 is 11.8 Å². The number of anilines is 1. The maximum atomic E-state index is 12.4. The SMILES string of the molecule is CCn1cc(C2CCN(C(=O)Nc3cc(C(C)C)on3)CC2)cn1. The van der Waals surface area contributed by atoms with Gasteiger partial charge in [0.25, 0.3) is 0 Å². The summed E-state index contributed by atoms with van der Waals surface area (Å²) in [5, 5.41) is 11.1. The van der Waals surface area contributed by atoms with Gasteiger partial charge in [-0.05, 0) is 31.2 Å². The Bertz CT molecular complexity index is 683. The lowest BCUT2D eigenvalue weighted by Gasteiger charge is -2.31. The van der Waals surface area contributed by atoms with Crippen LogP contribution in [0.5, 0.6) is 0 Å². The van der Waals surface area contributed by atoms with E-state index in [-0.39, 0.29) is 11.9 Å². The molecule has 0 atom stereocenters. The molecule has 2 amide bonds. The smallest absolute Gasteiger partial charge is 0.323 e. The molecule has 1 saturated heterocycles. The van der Waals surface area contributed by atoms with E-state index in [0.717, 1.165) is 38.2 Å². The van der Waals surface area contributed by atoms with Crippen molar-refractivity contribution in [3.05, 3.63) is 29.8 Å². The second kappa shape index (κ2) is 7.07. The molecule has 2 aromatic rings. The Morgan fingerprint density at radius 2 is 2.17 bits per heavy atom. The molecule has 24 heavy (non-hydrogen) atoms. The van der Waals surface area contributed by atoms with Gasteiger partial charge in [0.1, 0.15) is 5.76 Å². The van der Waals surface area contributed by atoms with Crippen molar-refractivity contribution in [1.82, 2.24) is 19.8 Å². The summed E-state index contributed by atoms with van der Waals surface area (Å²) >= 11 is 0. The Morgan fingerprint density at radius 1 is 1.42 bits per heavy atom. The standard InChI is InChI=1S/C17H25N5O2/c1-4-22-11-14(10-18-22)13-5-7-21(8-6-13)17(23)19-16-9-15(12(2)3)24-20-16/h9-13H,4-8H2,1-3H3,(H,19,20,23). The predicted octanol–water partition coefficient (Wildman–Crippen LogP) is 3.43. The van der Waals surface area contributed by atoms with Crippen LogP contribution >= 0.6 is 0 Å². The number of carbonyl (C=O) groups excluding carboxylic acids is 1. The molecule has 3 rings (SSSR count). The zero-order chi connectivity index (χ0) is 17.1. The van der Waals surface area contributed by atoms with E-state index in [2.05, 4.69) is 28.7 Å². The van der Waals surface area contributed by atoms with Crippen LogP contribution in [0, 0.1) is 0 Å². The van der Waals surface area contributed by atoms with E-state index in [1.807, 2.05) is 29.6 Å². The highest BCUT2D eigenvalue weighted by molar-refractivity contribution is 5.88. The molecule has 0 unspecified atom stereocenters. The fourth-order valence-corrected chi connectivity index (χ4v) is 2.99. The molecule has 130 valence electrons. The average Bonchev–Trinajstić information content (AvgIpc) is 3.24. The predicted molar refractivity (Wildman–Crippen MR) is 91.1 cm³/mol. The van der Waals surface area contributed by atoms with E-state index in [0.29, 0.717) is 11.7 Å². The van der Waals surface area contributed by atoms with E-state index in [1.54, 1.807) is 6.07 Å². The van der Waals surface area contributed by atoms with Crippen molar-refractivity contribution in [3.8, 4) is 0 Å². The summed E-state index contributed by atoms with van der Waals surface area (Å²) < 4.78 is 7.16. The van der Waals surface area contributed by atoms with E-state index in [1.165, 1.54) is 5.56 Å². The quantitative estimate of drug-likeness (QED) is 0.931. The van der Waals surface area contributed by atoms with Gasteiger partial charge in [-0.2, -0.15) is 5.10 Å². The van der Waals surface area contributed by atoms with E-state index < -0.39 is 0 Å². The minimum atomic E-state index is -0.110. The van der Waals surface area contributed by atoms with E-state index in [9.17, 15) is 4.79 Å². The van der Waals surface area contributed by atoms with E-state index >= 15 is 0 Å². The maximum Gasteiger partial charge on any atom is 0.323 e. The molecule has 0 aromatic carbocycles. The van der Waals surface area contributed by atoms with Gasteiger partial charge in [-0.3, -0.25) is 10.00 Å². The van der Waals surface area contributed by atoms with Crippen molar-refractivity contribution < 1.29 is 9.32 Å². The van der Waals surface area contributed by atoms with Crippen molar-refractivity contribution in [1.29, 1.82) is 0 Å². The summed E-state index contributed by atoms with van der Waals surface area (Å²) in [6, 6.07) is 1.68. The Labute approximate surface area is 142 Å². The molecule has 1 aliphatic heterocycles. The van der Waals surface area contributed by atoms with Gasteiger partial charge >= 0.3 is 6.03 Å².